The second kappa shape index (κ2) is 9.68. The van der Waals surface area contributed by atoms with Gasteiger partial charge >= 0.3 is 5.97 Å². The third kappa shape index (κ3) is 5.67. The highest BCUT2D eigenvalue weighted by Crippen LogP contribution is 2.19. The number of hydrogen-bond donors (Lipinski definition) is 1. The summed E-state index contributed by atoms with van der Waals surface area (Å²) in [5.41, 5.74) is 0.912. The van der Waals surface area contributed by atoms with E-state index in [-0.39, 0.29) is 12.5 Å². The van der Waals surface area contributed by atoms with E-state index in [9.17, 15) is 14.4 Å². The number of hydrogen-bond acceptors (Lipinski definition) is 6. The number of carbonyl (C=O) groups excluding carboxylic acids is 2. The van der Waals surface area contributed by atoms with Gasteiger partial charge in [0, 0.05) is 11.6 Å². The molecule has 0 spiro atoms. The topological polar surface area (TPSA) is 99.5 Å². The molecule has 1 amide bonds. The van der Waals surface area contributed by atoms with Crippen molar-refractivity contribution in [1.29, 1.82) is 0 Å². The van der Waals surface area contributed by atoms with Gasteiger partial charge in [-0.2, -0.15) is 5.10 Å². The van der Waals surface area contributed by atoms with Gasteiger partial charge in [-0.05, 0) is 42.7 Å². The molecule has 0 saturated carbocycles. The molecular weight excluding hydrogens is 362 g/mol. The van der Waals surface area contributed by atoms with E-state index in [4.69, 9.17) is 9.47 Å². The smallest absolute Gasteiger partial charge is 0.328 e. The molecule has 0 aliphatic carbocycles. The van der Waals surface area contributed by atoms with Gasteiger partial charge in [-0.15, -0.1) is 0 Å². The van der Waals surface area contributed by atoms with Crippen LogP contribution in [0.5, 0.6) is 5.75 Å². The van der Waals surface area contributed by atoms with Crippen LogP contribution < -0.4 is 15.6 Å². The van der Waals surface area contributed by atoms with Gasteiger partial charge in [-0.1, -0.05) is 13.8 Å². The molecule has 150 valence electrons. The number of esters is 1. The number of nitrogens with one attached hydrogen (secondary N) is 1. The van der Waals surface area contributed by atoms with Crippen LogP contribution in [-0.2, 0) is 20.9 Å². The second-order valence-corrected chi connectivity index (χ2v) is 6.72. The average molecular weight is 387 g/mol. The van der Waals surface area contributed by atoms with E-state index in [0.717, 1.165) is 10.2 Å². The highest BCUT2D eigenvalue weighted by atomic mass is 16.5. The number of benzene rings is 1. The Balaban J connectivity index is 2.16. The molecule has 8 nitrogen and oxygen atoms in total. The fourth-order valence-corrected chi connectivity index (χ4v) is 2.68. The predicted molar refractivity (Wildman–Crippen MR) is 104 cm³/mol. The van der Waals surface area contributed by atoms with Gasteiger partial charge < -0.3 is 14.8 Å². The number of carbonyl (C=O) groups is 2. The highest BCUT2D eigenvalue weighted by molar-refractivity contribution is 5.84. The van der Waals surface area contributed by atoms with Crippen LogP contribution in [0.2, 0.25) is 0 Å². The molecule has 8 heteroatoms. The highest BCUT2D eigenvalue weighted by Gasteiger charge is 2.23. The number of nitrogens with zero attached hydrogens (tertiary/aromatic N) is 2. The van der Waals surface area contributed by atoms with E-state index in [1.807, 2.05) is 26.0 Å². The SMILES string of the molecule is COC(=O)C(CC(C)C)NC(=O)Cn1nc(-c2ccc(OC)cc2)ccc1=O. The molecule has 1 unspecified atom stereocenters. The molecule has 0 fully saturated rings. The minimum Gasteiger partial charge on any atom is -0.497 e. The summed E-state index contributed by atoms with van der Waals surface area (Å²) >= 11 is 0. The fourth-order valence-electron chi connectivity index (χ4n) is 2.68. The number of ether oxygens (including phenoxy) is 2. The monoisotopic (exact) mass is 387 g/mol. The van der Waals surface area contributed by atoms with Crippen LogP contribution >= 0.6 is 0 Å². The number of amides is 1. The predicted octanol–water partition coefficient (Wildman–Crippen LogP) is 1.62. The third-order valence-corrected chi connectivity index (χ3v) is 4.07. The average Bonchev–Trinajstić information content (AvgIpc) is 2.68. The summed E-state index contributed by atoms with van der Waals surface area (Å²) < 4.78 is 10.9. The molecule has 2 rings (SSSR count). The van der Waals surface area contributed by atoms with E-state index < -0.39 is 23.5 Å². The van der Waals surface area contributed by atoms with Gasteiger partial charge in [0.1, 0.15) is 18.3 Å². The fraction of sp³-hybridized carbons (Fsp3) is 0.400. The van der Waals surface area contributed by atoms with Crippen LogP contribution in [0.15, 0.2) is 41.2 Å². The first-order valence-electron chi connectivity index (χ1n) is 8.93. The Labute approximate surface area is 163 Å². The number of methoxy groups -OCH3 is 2. The minimum absolute atomic E-state index is 0.184. The molecule has 0 radical (unpaired) electrons. The van der Waals surface area contributed by atoms with Crippen LogP contribution in [0.4, 0.5) is 0 Å². The molecule has 0 aliphatic rings. The summed E-state index contributed by atoms with van der Waals surface area (Å²) in [6, 6.07) is 9.37. The van der Waals surface area contributed by atoms with Crippen LogP contribution in [-0.4, -0.2) is 41.9 Å². The van der Waals surface area contributed by atoms with Crippen molar-refractivity contribution in [3.05, 3.63) is 46.8 Å². The molecule has 1 aromatic heterocycles. The molecule has 0 aliphatic heterocycles. The van der Waals surface area contributed by atoms with E-state index >= 15 is 0 Å². The van der Waals surface area contributed by atoms with Gasteiger partial charge in [-0.3, -0.25) is 9.59 Å². The first-order chi connectivity index (χ1) is 13.3. The normalized spacial score (nSPS) is 11.8. The minimum atomic E-state index is -0.766. The van der Waals surface area contributed by atoms with Crippen molar-refractivity contribution in [2.24, 2.45) is 5.92 Å². The van der Waals surface area contributed by atoms with E-state index in [1.54, 1.807) is 25.3 Å². The Morgan fingerprint density at radius 3 is 2.36 bits per heavy atom. The van der Waals surface area contributed by atoms with Gasteiger partial charge in [-0.25, -0.2) is 9.48 Å². The Morgan fingerprint density at radius 2 is 1.79 bits per heavy atom. The standard InChI is InChI=1S/C20H25N3O5/c1-13(2)11-17(20(26)28-4)21-18(24)12-23-19(25)10-9-16(22-23)14-5-7-15(27-3)8-6-14/h5-10,13,17H,11-12H2,1-4H3,(H,21,24). The first-order valence-corrected chi connectivity index (χ1v) is 8.93. The summed E-state index contributed by atoms with van der Waals surface area (Å²) in [6.07, 6.45) is 0.437. The quantitative estimate of drug-likeness (QED) is 0.691. The second-order valence-electron chi connectivity index (χ2n) is 6.72. The van der Waals surface area contributed by atoms with Crippen molar-refractivity contribution in [2.45, 2.75) is 32.9 Å². The molecule has 2 aromatic rings. The van der Waals surface area contributed by atoms with Gasteiger partial charge in [0.05, 0.1) is 19.9 Å². The zero-order valence-electron chi connectivity index (χ0n) is 16.5. The van der Waals surface area contributed by atoms with E-state index in [0.29, 0.717) is 17.9 Å². The molecule has 0 bridgehead atoms. The zero-order chi connectivity index (χ0) is 20.7. The van der Waals surface area contributed by atoms with Gasteiger partial charge in [0.25, 0.3) is 5.56 Å². The summed E-state index contributed by atoms with van der Waals surface area (Å²) in [4.78, 5) is 36.3. The van der Waals surface area contributed by atoms with Crippen LogP contribution in [0.25, 0.3) is 11.3 Å². The molecule has 0 saturated heterocycles. The maximum atomic E-state index is 12.4. The number of rotatable bonds is 8. The van der Waals surface area contributed by atoms with Crippen molar-refractivity contribution < 1.29 is 19.1 Å². The summed E-state index contributed by atoms with van der Waals surface area (Å²) in [6.45, 7) is 3.58. The molecule has 1 N–H and O–H groups in total. The van der Waals surface area contributed by atoms with Crippen LogP contribution in [0.1, 0.15) is 20.3 Å². The lowest BCUT2D eigenvalue weighted by Crippen LogP contribution is -2.44. The van der Waals surface area contributed by atoms with Crippen molar-refractivity contribution in [1.82, 2.24) is 15.1 Å². The van der Waals surface area contributed by atoms with Crippen molar-refractivity contribution >= 4 is 11.9 Å². The first kappa shape index (κ1) is 21.1. The maximum Gasteiger partial charge on any atom is 0.328 e. The summed E-state index contributed by atoms with van der Waals surface area (Å²) in [7, 11) is 2.85. The largest absolute Gasteiger partial charge is 0.497 e. The lowest BCUT2D eigenvalue weighted by Gasteiger charge is -2.18. The third-order valence-electron chi connectivity index (χ3n) is 4.07. The van der Waals surface area contributed by atoms with Crippen LogP contribution in [0.3, 0.4) is 0 Å². The van der Waals surface area contributed by atoms with E-state index in [1.165, 1.54) is 13.2 Å². The van der Waals surface area contributed by atoms with Crippen molar-refractivity contribution in [3.8, 4) is 17.0 Å². The molecule has 1 atom stereocenters. The maximum absolute atomic E-state index is 12.4. The van der Waals surface area contributed by atoms with Crippen molar-refractivity contribution in [3.63, 3.8) is 0 Å². The van der Waals surface area contributed by atoms with Crippen LogP contribution in [0, 0.1) is 5.92 Å². The van der Waals surface area contributed by atoms with Crippen molar-refractivity contribution in [2.75, 3.05) is 14.2 Å². The molecule has 28 heavy (non-hydrogen) atoms. The molecule has 1 heterocycles. The van der Waals surface area contributed by atoms with Gasteiger partial charge in [0.15, 0.2) is 0 Å². The van der Waals surface area contributed by atoms with Gasteiger partial charge in [0.2, 0.25) is 5.91 Å². The lowest BCUT2D eigenvalue weighted by molar-refractivity contribution is -0.145. The lowest BCUT2D eigenvalue weighted by atomic mass is 10.0. The Morgan fingerprint density at radius 1 is 1.11 bits per heavy atom. The Hall–Kier alpha value is -3.16. The Kier molecular flexibility index (Phi) is 7.31. The Bertz CT molecular complexity index is 874. The zero-order valence-corrected chi connectivity index (χ0v) is 16.5. The molecular formula is C20H25N3O5. The summed E-state index contributed by atoms with van der Waals surface area (Å²) in [5.74, 6) is -0.119. The van der Waals surface area contributed by atoms with E-state index in [2.05, 4.69) is 10.4 Å². The summed E-state index contributed by atoms with van der Waals surface area (Å²) in [5, 5.41) is 6.88. The number of aromatic nitrogens is 2. The molecule has 1 aromatic carbocycles.